The predicted octanol–water partition coefficient (Wildman–Crippen LogP) is 4.43. The van der Waals surface area contributed by atoms with E-state index in [1.807, 2.05) is 29.2 Å². The van der Waals surface area contributed by atoms with Crippen LogP contribution in [0.5, 0.6) is 0 Å². The summed E-state index contributed by atoms with van der Waals surface area (Å²) < 4.78 is 18.5. The maximum absolute atomic E-state index is 13.3. The van der Waals surface area contributed by atoms with Crippen LogP contribution in [0.1, 0.15) is 34.5 Å². The van der Waals surface area contributed by atoms with E-state index < -0.39 is 0 Å². The number of carbonyl (C=O) groups is 2. The molecular formula is C24H23FN2O3. The number of furan rings is 1. The molecule has 30 heavy (non-hydrogen) atoms. The smallest absolute Gasteiger partial charge is 0.294 e. The Labute approximate surface area is 174 Å². The third-order valence-corrected chi connectivity index (χ3v) is 5.29. The normalized spacial score (nSPS) is 13.4. The zero-order chi connectivity index (χ0) is 20.9. The first-order valence-electron chi connectivity index (χ1n) is 10.1. The van der Waals surface area contributed by atoms with Crippen LogP contribution < -0.4 is 4.90 Å². The van der Waals surface area contributed by atoms with Crippen LogP contribution in [0.15, 0.2) is 71.3 Å². The van der Waals surface area contributed by atoms with E-state index in [1.165, 1.54) is 18.4 Å². The Bertz CT molecular complexity index is 992. The van der Waals surface area contributed by atoms with Crippen LogP contribution in [0.2, 0.25) is 0 Å². The molecule has 0 atom stereocenters. The maximum atomic E-state index is 13.3. The first-order valence-corrected chi connectivity index (χ1v) is 10.1. The minimum Gasteiger partial charge on any atom is -0.459 e. The average molecular weight is 406 g/mol. The second-order valence-electron chi connectivity index (χ2n) is 7.43. The van der Waals surface area contributed by atoms with Gasteiger partial charge >= 0.3 is 0 Å². The van der Waals surface area contributed by atoms with Crippen molar-refractivity contribution in [3.05, 3.63) is 89.6 Å². The van der Waals surface area contributed by atoms with E-state index in [0.717, 1.165) is 37.1 Å². The Morgan fingerprint density at radius 2 is 1.60 bits per heavy atom. The van der Waals surface area contributed by atoms with Crippen molar-refractivity contribution in [2.75, 3.05) is 18.0 Å². The fraction of sp³-hybridized carbons (Fsp3) is 0.250. The minimum atomic E-state index is -0.324. The molecule has 0 spiro atoms. The highest BCUT2D eigenvalue weighted by atomic mass is 19.1. The van der Waals surface area contributed by atoms with Crippen LogP contribution in [-0.2, 0) is 17.8 Å². The average Bonchev–Trinajstić information content (AvgIpc) is 3.48. The van der Waals surface area contributed by atoms with Gasteiger partial charge in [0.05, 0.1) is 19.2 Å². The van der Waals surface area contributed by atoms with E-state index in [-0.39, 0.29) is 29.9 Å². The van der Waals surface area contributed by atoms with Crippen molar-refractivity contribution in [3.8, 4) is 0 Å². The highest BCUT2D eigenvalue weighted by Gasteiger charge is 2.21. The zero-order valence-corrected chi connectivity index (χ0v) is 16.6. The lowest BCUT2D eigenvalue weighted by atomic mass is 10.1. The molecule has 154 valence electrons. The number of amides is 2. The summed E-state index contributed by atoms with van der Waals surface area (Å²) in [5.74, 6) is -0.250. The van der Waals surface area contributed by atoms with Crippen molar-refractivity contribution in [1.29, 1.82) is 0 Å². The Morgan fingerprint density at radius 3 is 2.23 bits per heavy atom. The van der Waals surface area contributed by atoms with Gasteiger partial charge in [-0.25, -0.2) is 4.39 Å². The summed E-state index contributed by atoms with van der Waals surface area (Å²) in [6.07, 6.45) is 3.94. The van der Waals surface area contributed by atoms with Gasteiger partial charge in [-0.15, -0.1) is 0 Å². The molecule has 0 aliphatic carbocycles. The largest absolute Gasteiger partial charge is 0.459 e. The molecule has 3 aromatic rings. The van der Waals surface area contributed by atoms with E-state index in [9.17, 15) is 14.0 Å². The van der Waals surface area contributed by atoms with Gasteiger partial charge in [0.2, 0.25) is 5.91 Å². The van der Waals surface area contributed by atoms with Gasteiger partial charge < -0.3 is 14.2 Å². The lowest BCUT2D eigenvalue weighted by molar-refractivity contribution is -0.129. The molecule has 2 heterocycles. The number of benzene rings is 2. The molecule has 2 amide bonds. The van der Waals surface area contributed by atoms with E-state index in [1.54, 1.807) is 29.2 Å². The third kappa shape index (κ3) is 4.59. The molecule has 1 saturated heterocycles. The Morgan fingerprint density at radius 1 is 0.933 bits per heavy atom. The summed E-state index contributed by atoms with van der Waals surface area (Å²) >= 11 is 0. The number of likely N-dealkylation sites (tertiary alicyclic amines) is 1. The van der Waals surface area contributed by atoms with Crippen molar-refractivity contribution in [2.45, 2.75) is 25.8 Å². The number of nitrogens with zero attached hydrogens (tertiary/aromatic N) is 2. The number of rotatable bonds is 6. The van der Waals surface area contributed by atoms with Crippen LogP contribution in [0.3, 0.4) is 0 Å². The summed E-state index contributed by atoms with van der Waals surface area (Å²) in [7, 11) is 0. The van der Waals surface area contributed by atoms with Crippen molar-refractivity contribution in [2.24, 2.45) is 0 Å². The Balaban J connectivity index is 1.54. The molecule has 6 heteroatoms. The van der Waals surface area contributed by atoms with Gasteiger partial charge in [-0.1, -0.05) is 24.3 Å². The molecule has 0 bridgehead atoms. The fourth-order valence-corrected chi connectivity index (χ4v) is 3.63. The number of hydrogen-bond donors (Lipinski definition) is 0. The summed E-state index contributed by atoms with van der Waals surface area (Å²) in [4.78, 5) is 28.9. The van der Waals surface area contributed by atoms with Crippen LogP contribution in [0.25, 0.3) is 0 Å². The predicted molar refractivity (Wildman–Crippen MR) is 112 cm³/mol. The van der Waals surface area contributed by atoms with Crippen LogP contribution in [0, 0.1) is 5.82 Å². The highest BCUT2D eigenvalue weighted by Crippen LogP contribution is 2.22. The number of halogens is 1. The summed E-state index contributed by atoms with van der Waals surface area (Å²) in [5.41, 5.74) is 2.38. The first-order chi connectivity index (χ1) is 14.6. The van der Waals surface area contributed by atoms with Gasteiger partial charge in [-0.2, -0.15) is 0 Å². The lowest BCUT2D eigenvalue weighted by Crippen LogP contribution is -2.30. The van der Waals surface area contributed by atoms with Crippen LogP contribution in [0.4, 0.5) is 10.1 Å². The molecule has 0 radical (unpaired) electrons. The van der Waals surface area contributed by atoms with E-state index in [4.69, 9.17) is 4.42 Å². The lowest BCUT2D eigenvalue weighted by Gasteiger charge is -2.22. The van der Waals surface area contributed by atoms with Crippen molar-refractivity contribution >= 4 is 17.5 Å². The molecule has 0 N–H and O–H groups in total. The van der Waals surface area contributed by atoms with Gasteiger partial charge in [0.15, 0.2) is 5.76 Å². The first kappa shape index (κ1) is 19.9. The summed E-state index contributed by atoms with van der Waals surface area (Å²) in [6.45, 7) is 1.94. The standard InChI is InChI=1S/C24H23FN2O3/c25-20-9-5-19(6-10-20)17-27(24(29)22-4-3-15-30-22)21-11-7-18(8-12-21)16-23(28)26-13-1-2-14-26/h3-12,15H,1-2,13-14,16-17H2. The highest BCUT2D eigenvalue weighted by molar-refractivity contribution is 6.04. The molecule has 2 aromatic carbocycles. The molecule has 1 aromatic heterocycles. The fourth-order valence-electron chi connectivity index (χ4n) is 3.63. The molecule has 0 unspecified atom stereocenters. The Kier molecular flexibility index (Phi) is 5.93. The van der Waals surface area contributed by atoms with Crippen LogP contribution >= 0.6 is 0 Å². The van der Waals surface area contributed by atoms with E-state index >= 15 is 0 Å². The molecule has 1 aliphatic rings. The van der Waals surface area contributed by atoms with Crippen molar-refractivity contribution in [1.82, 2.24) is 4.90 Å². The topological polar surface area (TPSA) is 53.8 Å². The SMILES string of the molecule is O=C(Cc1ccc(N(Cc2ccc(F)cc2)C(=O)c2ccco2)cc1)N1CCCC1. The second kappa shape index (κ2) is 8.95. The monoisotopic (exact) mass is 406 g/mol. The maximum Gasteiger partial charge on any atom is 0.294 e. The number of carbonyl (C=O) groups excluding carboxylic acids is 2. The van der Waals surface area contributed by atoms with Crippen molar-refractivity contribution < 1.29 is 18.4 Å². The van der Waals surface area contributed by atoms with Gasteiger partial charge in [0.25, 0.3) is 5.91 Å². The quantitative estimate of drug-likeness (QED) is 0.609. The molecule has 5 nitrogen and oxygen atoms in total. The molecule has 1 aliphatic heterocycles. The Hall–Kier alpha value is -3.41. The molecule has 4 rings (SSSR count). The number of anilines is 1. The van der Waals surface area contributed by atoms with Gasteiger partial charge in [-0.3, -0.25) is 9.59 Å². The third-order valence-electron chi connectivity index (χ3n) is 5.29. The molecule has 1 fully saturated rings. The number of hydrogen-bond acceptors (Lipinski definition) is 3. The second-order valence-corrected chi connectivity index (χ2v) is 7.43. The van der Waals surface area contributed by atoms with Gasteiger partial charge in [0, 0.05) is 18.8 Å². The van der Waals surface area contributed by atoms with Gasteiger partial charge in [-0.05, 0) is 60.4 Å². The molecular weight excluding hydrogens is 383 g/mol. The zero-order valence-electron chi connectivity index (χ0n) is 16.6. The van der Waals surface area contributed by atoms with E-state index in [0.29, 0.717) is 12.1 Å². The molecule has 0 saturated carbocycles. The van der Waals surface area contributed by atoms with E-state index in [2.05, 4.69) is 0 Å². The summed E-state index contributed by atoms with van der Waals surface area (Å²) in [6, 6.07) is 16.7. The van der Waals surface area contributed by atoms with Gasteiger partial charge in [0.1, 0.15) is 5.82 Å². The van der Waals surface area contributed by atoms with Crippen LogP contribution in [-0.4, -0.2) is 29.8 Å². The van der Waals surface area contributed by atoms with Crippen molar-refractivity contribution in [3.63, 3.8) is 0 Å². The minimum absolute atomic E-state index is 0.134. The summed E-state index contributed by atoms with van der Waals surface area (Å²) in [5, 5.41) is 0.